The molecular weight excluding hydrogens is 266 g/mol. The van der Waals surface area contributed by atoms with Crippen molar-refractivity contribution < 1.29 is 4.79 Å². The number of allylic oxidation sites excluding steroid dienone is 1. The Bertz CT molecular complexity index is 756. The van der Waals surface area contributed by atoms with Crippen molar-refractivity contribution in [1.82, 2.24) is 14.7 Å². The first-order valence-corrected chi connectivity index (χ1v) is 6.90. The van der Waals surface area contributed by atoms with E-state index in [4.69, 9.17) is 0 Å². The van der Waals surface area contributed by atoms with Gasteiger partial charge in [-0.15, -0.1) is 0 Å². The van der Waals surface area contributed by atoms with Crippen molar-refractivity contribution in [1.29, 1.82) is 0 Å². The van der Waals surface area contributed by atoms with E-state index in [1.807, 2.05) is 30.3 Å². The summed E-state index contributed by atoms with van der Waals surface area (Å²) in [6, 6.07) is 9.60. The molecule has 108 valence electrons. The maximum atomic E-state index is 12.4. The standard InChI is InChI=1S/C16H17N3O2/c1-11-8-9-13(15(20)17-11)14-10-19(18(2)16(14)21)12-6-4-3-5-7-12/h3-7,10,13H,1,8-9H2,2H3,(H,17,20). The van der Waals surface area contributed by atoms with E-state index in [1.54, 1.807) is 17.9 Å². The van der Waals surface area contributed by atoms with Gasteiger partial charge in [0.05, 0.1) is 11.6 Å². The van der Waals surface area contributed by atoms with E-state index in [0.29, 0.717) is 18.4 Å². The Morgan fingerprint density at radius 3 is 2.62 bits per heavy atom. The Hall–Kier alpha value is -2.56. The third-order valence-electron chi connectivity index (χ3n) is 3.87. The molecular formula is C16H17N3O2. The van der Waals surface area contributed by atoms with Crippen LogP contribution in [0.15, 0.2) is 53.6 Å². The van der Waals surface area contributed by atoms with Crippen LogP contribution in [0.5, 0.6) is 0 Å². The molecule has 2 aromatic rings. The molecule has 0 spiro atoms. The summed E-state index contributed by atoms with van der Waals surface area (Å²) < 4.78 is 3.30. The maximum Gasteiger partial charge on any atom is 0.270 e. The fourth-order valence-corrected chi connectivity index (χ4v) is 2.70. The van der Waals surface area contributed by atoms with Crippen LogP contribution < -0.4 is 10.9 Å². The number of nitrogens with zero attached hydrogens (tertiary/aromatic N) is 2. The summed E-state index contributed by atoms with van der Waals surface area (Å²) in [4.78, 5) is 24.5. The zero-order valence-electron chi connectivity index (χ0n) is 11.9. The molecule has 1 aromatic carbocycles. The van der Waals surface area contributed by atoms with Gasteiger partial charge in [-0.3, -0.25) is 14.3 Å². The Labute approximate surface area is 122 Å². The third kappa shape index (κ3) is 2.31. The van der Waals surface area contributed by atoms with Gasteiger partial charge < -0.3 is 5.32 Å². The fraction of sp³-hybridized carbons (Fsp3) is 0.250. The topological polar surface area (TPSA) is 56.0 Å². The van der Waals surface area contributed by atoms with Crippen molar-refractivity contribution in [3.05, 3.63) is 64.7 Å². The van der Waals surface area contributed by atoms with Gasteiger partial charge in [0, 0.05) is 24.5 Å². The zero-order valence-corrected chi connectivity index (χ0v) is 11.9. The number of para-hydroxylation sites is 1. The lowest BCUT2D eigenvalue weighted by atomic mass is 9.92. The van der Waals surface area contributed by atoms with Gasteiger partial charge in [-0.1, -0.05) is 24.8 Å². The number of carbonyl (C=O) groups excluding carboxylic acids is 1. The number of nitrogens with one attached hydrogen (secondary N) is 1. The fourth-order valence-electron chi connectivity index (χ4n) is 2.70. The van der Waals surface area contributed by atoms with Crippen molar-refractivity contribution in [3.63, 3.8) is 0 Å². The quantitative estimate of drug-likeness (QED) is 0.911. The summed E-state index contributed by atoms with van der Waals surface area (Å²) in [5, 5.41) is 2.73. The van der Waals surface area contributed by atoms with E-state index in [2.05, 4.69) is 11.9 Å². The summed E-state index contributed by atoms with van der Waals surface area (Å²) in [6.07, 6.45) is 3.09. The number of amides is 1. The highest BCUT2D eigenvalue weighted by atomic mass is 16.2. The number of aromatic nitrogens is 2. The van der Waals surface area contributed by atoms with Gasteiger partial charge in [-0.2, -0.15) is 0 Å². The third-order valence-corrected chi connectivity index (χ3v) is 3.87. The zero-order chi connectivity index (χ0) is 15.0. The Balaban J connectivity index is 2.04. The number of carbonyl (C=O) groups is 1. The summed E-state index contributed by atoms with van der Waals surface area (Å²) in [5.74, 6) is -0.548. The molecule has 0 saturated carbocycles. The van der Waals surface area contributed by atoms with Crippen LogP contribution in [0.2, 0.25) is 0 Å². The number of benzene rings is 1. The number of hydrogen-bond acceptors (Lipinski definition) is 2. The first-order chi connectivity index (χ1) is 10.1. The number of piperidine rings is 1. The van der Waals surface area contributed by atoms with Crippen LogP contribution in [-0.4, -0.2) is 15.3 Å². The molecule has 1 aliphatic heterocycles. The minimum atomic E-state index is -0.404. The van der Waals surface area contributed by atoms with Crippen molar-refractivity contribution >= 4 is 5.91 Å². The highest BCUT2D eigenvalue weighted by Gasteiger charge is 2.29. The van der Waals surface area contributed by atoms with E-state index >= 15 is 0 Å². The molecule has 5 nitrogen and oxygen atoms in total. The maximum absolute atomic E-state index is 12.4. The van der Waals surface area contributed by atoms with Crippen molar-refractivity contribution in [2.75, 3.05) is 0 Å². The highest BCUT2D eigenvalue weighted by Crippen LogP contribution is 2.25. The molecule has 21 heavy (non-hydrogen) atoms. The molecule has 1 N–H and O–H groups in total. The summed E-state index contributed by atoms with van der Waals surface area (Å²) in [7, 11) is 1.71. The van der Waals surface area contributed by atoms with Crippen LogP contribution in [0.1, 0.15) is 24.3 Å². The van der Waals surface area contributed by atoms with Gasteiger partial charge >= 0.3 is 0 Å². The van der Waals surface area contributed by atoms with Crippen molar-refractivity contribution in [2.45, 2.75) is 18.8 Å². The Morgan fingerprint density at radius 1 is 1.24 bits per heavy atom. The lowest BCUT2D eigenvalue weighted by Gasteiger charge is -2.21. The molecule has 1 atom stereocenters. The molecule has 1 saturated heterocycles. The van der Waals surface area contributed by atoms with E-state index in [-0.39, 0.29) is 11.5 Å². The van der Waals surface area contributed by atoms with Gasteiger partial charge in [-0.25, -0.2) is 4.68 Å². The van der Waals surface area contributed by atoms with Crippen molar-refractivity contribution in [3.8, 4) is 5.69 Å². The summed E-state index contributed by atoms with van der Waals surface area (Å²) in [6.45, 7) is 3.76. The van der Waals surface area contributed by atoms with E-state index in [1.165, 1.54) is 4.68 Å². The molecule has 1 unspecified atom stereocenters. The van der Waals surface area contributed by atoms with Gasteiger partial charge in [0.15, 0.2) is 0 Å². The average Bonchev–Trinajstić information content (AvgIpc) is 2.77. The number of rotatable bonds is 2. The van der Waals surface area contributed by atoms with Crippen LogP contribution in [0.25, 0.3) is 5.69 Å². The minimum Gasteiger partial charge on any atom is -0.330 e. The molecule has 3 rings (SSSR count). The second-order valence-corrected chi connectivity index (χ2v) is 5.28. The molecule has 1 aromatic heterocycles. The Morgan fingerprint density at radius 2 is 1.95 bits per heavy atom. The molecule has 0 aliphatic carbocycles. The predicted octanol–water partition coefficient (Wildman–Crippen LogP) is 1.68. The Kier molecular flexibility index (Phi) is 3.25. The van der Waals surface area contributed by atoms with Gasteiger partial charge in [0.1, 0.15) is 0 Å². The minimum absolute atomic E-state index is 0.133. The summed E-state index contributed by atoms with van der Waals surface area (Å²) in [5.41, 5.74) is 2.01. The summed E-state index contributed by atoms with van der Waals surface area (Å²) >= 11 is 0. The van der Waals surface area contributed by atoms with E-state index in [0.717, 1.165) is 11.4 Å². The molecule has 2 heterocycles. The second kappa shape index (κ2) is 5.09. The second-order valence-electron chi connectivity index (χ2n) is 5.28. The van der Waals surface area contributed by atoms with Gasteiger partial charge in [-0.05, 0) is 25.0 Å². The average molecular weight is 283 g/mol. The molecule has 1 fully saturated rings. The van der Waals surface area contributed by atoms with Gasteiger partial charge in [0.2, 0.25) is 5.91 Å². The SMILES string of the molecule is C=C1CCC(c2cn(-c3ccccc3)n(C)c2=O)C(=O)N1. The normalized spacial score (nSPS) is 18.6. The molecule has 1 aliphatic rings. The van der Waals surface area contributed by atoms with E-state index in [9.17, 15) is 9.59 Å². The molecule has 5 heteroatoms. The van der Waals surface area contributed by atoms with Crippen LogP contribution in [-0.2, 0) is 11.8 Å². The predicted molar refractivity (Wildman–Crippen MR) is 80.3 cm³/mol. The van der Waals surface area contributed by atoms with Crippen LogP contribution in [0, 0.1) is 0 Å². The van der Waals surface area contributed by atoms with Crippen LogP contribution >= 0.6 is 0 Å². The van der Waals surface area contributed by atoms with Gasteiger partial charge in [0.25, 0.3) is 5.56 Å². The smallest absolute Gasteiger partial charge is 0.270 e. The largest absolute Gasteiger partial charge is 0.330 e. The first kappa shape index (κ1) is 13.4. The van der Waals surface area contributed by atoms with Crippen LogP contribution in [0.4, 0.5) is 0 Å². The molecule has 1 amide bonds. The highest BCUT2D eigenvalue weighted by molar-refractivity contribution is 5.85. The first-order valence-electron chi connectivity index (χ1n) is 6.90. The lowest BCUT2D eigenvalue weighted by molar-refractivity contribution is -0.122. The van der Waals surface area contributed by atoms with Crippen molar-refractivity contribution in [2.24, 2.45) is 7.05 Å². The van der Waals surface area contributed by atoms with Crippen LogP contribution in [0.3, 0.4) is 0 Å². The lowest BCUT2D eigenvalue weighted by Crippen LogP contribution is -2.35. The molecule has 0 bridgehead atoms. The van der Waals surface area contributed by atoms with E-state index < -0.39 is 5.92 Å². The monoisotopic (exact) mass is 283 g/mol. The number of hydrogen-bond donors (Lipinski definition) is 1. The molecule has 0 radical (unpaired) electrons.